The van der Waals surface area contributed by atoms with Gasteiger partial charge in [0.05, 0.1) is 35.5 Å². The van der Waals surface area contributed by atoms with E-state index in [2.05, 4.69) is 34.3 Å². The highest BCUT2D eigenvalue weighted by atomic mass is 16.5. The van der Waals surface area contributed by atoms with Gasteiger partial charge in [0, 0.05) is 23.9 Å². The zero-order valence-electron chi connectivity index (χ0n) is 21.4. The van der Waals surface area contributed by atoms with E-state index in [1.165, 1.54) is 5.56 Å². The first-order valence-corrected chi connectivity index (χ1v) is 12.3. The van der Waals surface area contributed by atoms with Crippen molar-refractivity contribution in [3.8, 4) is 29.1 Å². The van der Waals surface area contributed by atoms with Gasteiger partial charge in [0.25, 0.3) is 0 Å². The molecule has 1 aromatic heterocycles. The third-order valence-corrected chi connectivity index (χ3v) is 5.83. The topological polar surface area (TPSA) is 93.8 Å². The number of nitrogens with zero attached hydrogens (tertiary/aromatic N) is 3. The normalized spacial score (nSPS) is 13.6. The molecule has 1 aliphatic heterocycles. The Morgan fingerprint density at radius 1 is 1.19 bits per heavy atom. The van der Waals surface area contributed by atoms with Crippen molar-refractivity contribution in [2.75, 3.05) is 25.0 Å². The van der Waals surface area contributed by atoms with Crippen LogP contribution in [0.3, 0.4) is 0 Å². The Morgan fingerprint density at radius 2 is 2.00 bits per heavy atom. The number of allylic oxidation sites excluding steroid dienone is 3. The molecule has 0 amide bonds. The molecule has 2 heterocycles. The minimum Gasteiger partial charge on any atom is -0.470 e. The number of nitriles is 2. The number of anilines is 1. The van der Waals surface area contributed by atoms with Crippen molar-refractivity contribution in [1.29, 1.82) is 10.5 Å². The van der Waals surface area contributed by atoms with Gasteiger partial charge in [-0.05, 0) is 43.7 Å². The lowest BCUT2D eigenvalue weighted by molar-refractivity contribution is 0.194. The molecule has 0 bridgehead atoms. The van der Waals surface area contributed by atoms with Crippen LogP contribution in [0, 0.1) is 22.7 Å². The molecule has 1 radical (unpaired) electrons. The highest BCUT2D eigenvalue weighted by Crippen LogP contribution is 2.32. The largest absolute Gasteiger partial charge is 0.470 e. The van der Waals surface area contributed by atoms with E-state index in [1.54, 1.807) is 12.3 Å². The van der Waals surface area contributed by atoms with Gasteiger partial charge in [0.15, 0.2) is 0 Å². The summed E-state index contributed by atoms with van der Waals surface area (Å²) in [7, 11) is 1.98. The molecule has 185 valence electrons. The van der Waals surface area contributed by atoms with E-state index in [-0.39, 0.29) is 6.10 Å². The number of hydrogen-bond donors (Lipinski definition) is 2. The molecule has 2 aromatic carbocycles. The first kappa shape index (κ1) is 27.3. The predicted octanol–water partition coefficient (Wildman–Crippen LogP) is 4.62. The number of rotatable bonds is 8. The maximum Gasteiger partial charge on any atom is 0.237 e. The summed E-state index contributed by atoms with van der Waals surface area (Å²) in [5.74, 6) is 0.580. The van der Waals surface area contributed by atoms with Crippen LogP contribution < -0.4 is 20.8 Å². The van der Waals surface area contributed by atoms with Crippen molar-refractivity contribution >= 4 is 18.4 Å². The van der Waals surface area contributed by atoms with E-state index in [0.29, 0.717) is 30.1 Å². The maximum atomic E-state index is 9.53. The van der Waals surface area contributed by atoms with Gasteiger partial charge in [-0.3, -0.25) is 0 Å². The minimum absolute atomic E-state index is 0.0177. The monoisotopic (exact) mass is 488 g/mol. The number of benzene rings is 2. The van der Waals surface area contributed by atoms with Crippen LogP contribution in [0.1, 0.15) is 23.6 Å². The van der Waals surface area contributed by atoms with E-state index >= 15 is 0 Å². The van der Waals surface area contributed by atoms with E-state index < -0.39 is 0 Å². The third kappa shape index (κ3) is 7.83. The van der Waals surface area contributed by atoms with Crippen molar-refractivity contribution in [2.24, 2.45) is 0 Å². The van der Waals surface area contributed by atoms with Crippen LogP contribution in [0.4, 0.5) is 5.69 Å². The Hall–Kier alpha value is -4.33. The number of pyridine rings is 1. The molecule has 1 aliphatic rings. The zero-order chi connectivity index (χ0) is 26.5. The van der Waals surface area contributed by atoms with E-state index in [9.17, 15) is 5.26 Å². The zero-order valence-corrected chi connectivity index (χ0v) is 21.4. The number of aromatic nitrogens is 1. The molecule has 0 spiro atoms. The molecular weight excluding hydrogens is 457 g/mol. The fourth-order valence-electron chi connectivity index (χ4n) is 3.82. The van der Waals surface area contributed by atoms with Gasteiger partial charge in [-0.15, -0.1) is 0 Å². The summed E-state index contributed by atoms with van der Waals surface area (Å²) in [5, 5.41) is 25.2. The quantitative estimate of drug-likeness (QED) is 0.273. The van der Waals surface area contributed by atoms with Gasteiger partial charge in [-0.2, -0.15) is 10.5 Å². The fraction of sp³-hybridized carbons (Fsp3) is 0.233. The molecule has 7 heteroatoms. The molecule has 0 fully saturated rings. The van der Waals surface area contributed by atoms with Crippen molar-refractivity contribution in [1.82, 2.24) is 10.3 Å². The van der Waals surface area contributed by atoms with Gasteiger partial charge in [0.1, 0.15) is 13.4 Å². The van der Waals surface area contributed by atoms with Crippen LogP contribution in [0.15, 0.2) is 79.5 Å². The fourth-order valence-corrected chi connectivity index (χ4v) is 3.82. The van der Waals surface area contributed by atoms with Gasteiger partial charge in [-0.1, -0.05) is 67.4 Å². The second-order valence-electron chi connectivity index (χ2n) is 8.43. The van der Waals surface area contributed by atoms with E-state index in [1.807, 2.05) is 81.7 Å². The molecular formula is C30H31BN5O. The van der Waals surface area contributed by atoms with Crippen molar-refractivity contribution in [3.05, 3.63) is 96.2 Å². The van der Waals surface area contributed by atoms with Gasteiger partial charge >= 0.3 is 0 Å². The molecule has 1 atom stereocenters. The molecule has 0 saturated carbocycles. The van der Waals surface area contributed by atoms with Crippen molar-refractivity contribution < 1.29 is 4.74 Å². The van der Waals surface area contributed by atoms with Crippen molar-refractivity contribution in [2.45, 2.75) is 26.3 Å². The molecule has 0 saturated heterocycles. The standard InChI is InChI=1S/C25H23BN5O.C5H8/c1-26-21-6-7-23(19(10-21)13-28)20-11-24-25(31-14-20)32-22(16-30-24)15-29-9-8-17-2-4-18(12-27)5-3-17;1-3-5-4-2/h2-7,10-11,14,22,29-30H,8-9,15-16H2,1H3;3-5H,1H2,2H3/b;5-4-. The Labute approximate surface area is 220 Å². The highest BCUT2D eigenvalue weighted by molar-refractivity contribution is 6.52. The SMILES string of the molecule is C=C/C=C\C.C[B]c1ccc(-c2cnc3c(c2)NCC(CNCCc2ccc(C#N)cc2)O3)c(C#N)c1. The van der Waals surface area contributed by atoms with E-state index in [4.69, 9.17) is 10.00 Å². The predicted molar refractivity (Wildman–Crippen MR) is 151 cm³/mol. The maximum absolute atomic E-state index is 9.53. The smallest absolute Gasteiger partial charge is 0.237 e. The lowest BCUT2D eigenvalue weighted by Gasteiger charge is -2.27. The minimum atomic E-state index is -0.0177. The average molecular weight is 488 g/mol. The van der Waals surface area contributed by atoms with Crippen LogP contribution in [0.5, 0.6) is 5.88 Å². The van der Waals surface area contributed by atoms with Crippen LogP contribution in [0.2, 0.25) is 6.82 Å². The summed E-state index contributed by atoms with van der Waals surface area (Å²) in [6.45, 7) is 9.59. The van der Waals surface area contributed by atoms with Crippen LogP contribution >= 0.6 is 0 Å². The Kier molecular flexibility index (Phi) is 10.5. The van der Waals surface area contributed by atoms with E-state index in [0.717, 1.165) is 35.2 Å². The van der Waals surface area contributed by atoms with Gasteiger partial charge < -0.3 is 15.4 Å². The molecule has 6 nitrogen and oxygen atoms in total. The number of ether oxygens (including phenoxy) is 1. The summed E-state index contributed by atoms with van der Waals surface area (Å²) >= 11 is 0. The summed E-state index contributed by atoms with van der Waals surface area (Å²) in [4.78, 5) is 4.50. The first-order chi connectivity index (χ1) is 18.1. The summed E-state index contributed by atoms with van der Waals surface area (Å²) < 4.78 is 6.06. The molecule has 4 rings (SSSR count). The van der Waals surface area contributed by atoms with Crippen LogP contribution in [-0.2, 0) is 6.42 Å². The van der Waals surface area contributed by atoms with Crippen LogP contribution in [-0.4, -0.2) is 38.0 Å². The second kappa shape index (κ2) is 14.3. The molecule has 0 aliphatic carbocycles. The number of hydrogen-bond acceptors (Lipinski definition) is 6. The average Bonchev–Trinajstić information content (AvgIpc) is 2.95. The summed E-state index contributed by atoms with van der Waals surface area (Å²) in [6, 6.07) is 19.9. The number of fused-ring (bicyclic) bond motifs is 1. The lowest BCUT2D eigenvalue weighted by atomic mass is 9.72. The van der Waals surface area contributed by atoms with Gasteiger partial charge in [0.2, 0.25) is 5.88 Å². The highest BCUT2D eigenvalue weighted by Gasteiger charge is 2.21. The molecule has 2 N–H and O–H groups in total. The first-order valence-electron chi connectivity index (χ1n) is 12.3. The Bertz CT molecular complexity index is 1310. The van der Waals surface area contributed by atoms with Crippen molar-refractivity contribution in [3.63, 3.8) is 0 Å². The lowest BCUT2D eigenvalue weighted by Crippen LogP contribution is -2.40. The second-order valence-corrected chi connectivity index (χ2v) is 8.43. The Balaban J connectivity index is 0.000000695. The summed E-state index contributed by atoms with van der Waals surface area (Å²) in [6.07, 6.45) is 8.20. The molecule has 3 aromatic rings. The summed E-state index contributed by atoms with van der Waals surface area (Å²) in [5.41, 5.74) is 6.11. The molecule has 1 unspecified atom stereocenters. The molecule has 37 heavy (non-hydrogen) atoms. The van der Waals surface area contributed by atoms with Gasteiger partial charge in [-0.25, -0.2) is 4.98 Å². The van der Waals surface area contributed by atoms with Crippen LogP contribution in [0.25, 0.3) is 11.1 Å². The number of nitrogens with one attached hydrogen (secondary N) is 2. The third-order valence-electron chi connectivity index (χ3n) is 5.83. The Morgan fingerprint density at radius 3 is 2.65 bits per heavy atom.